The van der Waals surface area contributed by atoms with E-state index in [1.54, 1.807) is 0 Å². The van der Waals surface area contributed by atoms with Crippen LogP contribution in [0.4, 0.5) is 0 Å². The molecular weight excluding hydrogens is 759 g/mol. The molecule has 1 heterocycles. The molecule has 3 nitrogen and oxygen atoms in total. The van der Waals surface area contributed by atoms with Crippen molar-refractivity contribution in [2.75, 3.05) is 0 Å². The maximum Gasteiger partial charge on any atom is 0.164 e. The summed E-state index contributed by atoms with van der Waals surface area (Å²) in [5, 5.41) is 12.2. The first kappa shape index (κ1) is 36.8. The first-order valence-electron chi connectivity index (χ1n) is 15.6. The SMILES string of the molecule is CC(C)(C)C(=O)/C=C(\O)C(C)(C)C.C[Si](C)(C)c1ccc2nc(-c3[c-]ccc(-c4ccccc4)c3)cc(-c3ccccc3)c2c1.[Ir]. The second kappa shape index (κ2) is 14.9. The van der Waals surface area contributed by atoms with Crippen LogP contribution in [0.3, 0.4) is 0 Å². The number of hydrogen-bond donors (Lipinski definition) is 1. The van der Waals surface area contributed by atoms with Crippen LogP contribution in [-0.4, -0.2) is 23.9 Å². The summed E-state index contributed by atoms with van der Waals surface area (Å²) in [6.45, 7) is 18.3. The molecule has 0 aliphatic rings. The van der Waals surface area contributed by atoms with Gasteiger partial charge in [-0.2, -0.15) is 0 Å². The number of allylic oxidation sites excluding steroid dienone is 2. The van der Waals surface area contributed by atoms with Crippen molar-refractivity contribution in [3.63, 3.8) is 0 Å². The van der Waals surface area contributed by atoms with Gasteiger partial charge in [0.05, 0.1) is 13.6 Å². The maximum atomic E-state index is 11.5. The van der Waals surface area contributed by atoms with E-state index >= 15 is 0 Å². The number of hydrogen-bond acceptors (Lipinski definition) is 3. The zero-order valence-corrected chi connectivity index (χ0v) is 31.9. The number of carbonyl (C=O) groups excluding carboxylic acids is 1. The van der Waals surface area contributed by atoms with E-state index < -0.39 is 13.5 Å². The van der Waals surface area contributed by atoms with Crippen molar-refractivity contribution in [1.82, 2.24) is 4.98 Å². The second-order valence-electron chi connectivity index (χ2n) is 14.7. The predicted octanol–water partition coefficient (Wildman–Crippen LogP) is 10.7. The molecule has 5 heteroatoms. The number of carbonyl (C=O) groups is 1. The number of rotatable bonds is 5. The first-order chi connectivity index (χ1) is 21.0. The minimum absolute atomic E-state index is 0. The minimum Gasteiger partial charge on any atom is -0.512 e. The van der Waals surface area contributed by atoms with Crippen molar-refractivity contribution < 1.29 is 30.0 Å². The van der Waals surface area contributed by atoms with Gasteiger partial charge >= 0.3 is 0 Å². The van der Waals surface area contributed by atoms with Crippen molar-refractivity contribution in [3.8, 4) is 33.5 Å². The second-order valence-corrected chi connectivity index (χ2v) is 19.7. The maximum absolute atomic E-state index is 11.5. The summed E-state index contributed by atoms with van der Waals surface area (Å²) in [5.41, 5.74) is 7.05. The van der Waals surface area contributed by atoms with Gasteiger partial charge < -0.3 is 5.11 Å². The molecule has 0 unspecified atom stereocenters. The van der Waals surface area contributed by atoms with Crippen molar-refractivity contribution in [2.45, 2.75) is 61.2 Å². The molecule has 1 N–H and O–H groups in total. The van der Waals surface area contributed by atoms with Crippen LogP contribution in [0, 0.1) is 16.9 Å². The third-order valence-electron chi connectivity index (χ3n) is 7.72. The summed E-state index contributed by atoms with van der Waals surface area (Å²) >= 11 is 0. The molecule has 0 aliphatic heterocycles. The van der Waals surface area contributed by atoms with E-state index in [0.717, 1.165) is 16.8 Å². The Hall–Kier alpha value is -3.63. The average molecular weight is 805 g/mol. The van der Waals surface area contributed by atoms with E-state index in [9.17, 15) is 9.90 Å². The summed E-state index contributed by atoms with van der Waals surface area (Å²) in [4.78, 5) is 16.6. The molecular formula is C41H46IrNO2Si-. The summed E-state index contributed by atoms with van der Waals surface area (Å²) in [6.07, 6.45) is 1.33. The Morgan fingerprint density at radius 3 is 1.87 bits per heavy atom. The molecule has 46 heavy (non-hydrogen) atoms. The summed E-state index contributed by atoms with van der Waals surface area (Å²) < 4.78 is 0. The quantitative estimate of drug-likeness (QED) is 0.0833. The number of ketones is 1. The molecule has 0 saturated heterocycles. The van der Waals surface area contributed by atoms with Gasteiger partial charge in [-0.05, 0) is 28.5 Å². The molecule has 5 rings (SSSR count). The van der Waals surface area contributed by atoms with Crippen molar-refractivity contribution in [3.05, 3.63) is 121 Å². The number of aromatic nitrogens is 1. The van der Waals surface area contributed by atoms with Gasteiger partial charge in [0.15, 0.2) is 5.78 Å². The normalized spacial score (nSPS) is 12.2. The fourth-order valence-corrected chi connectivity index (χ4v) is 5.83. The summed E-state index contributed by atoms with van der Waals surface area (Å²) in [5.74, 6) is 0.104. The molecule has 0 aliphatic carbocycles. The van der Waals surface area contributed by atoms with Gasteiger partial charge in [0.2, 0.25) is 0 Å². The van der Waals surface area contributed by atoms with Crippen LogP contribution < -0.4 is 5.19 Å². The monoisotopic (exact) mass is 805 g/mol. The van der Waals surface area contributed by atoms with Gasteiger partial charge in [0, 0.05) is 42.4 Å². The van der Waals surface area contributed by atoms with Gasteiger partial charge in [-0.1, -0.05) is 145 Å². The van der Waals surface area contributed by atoms with Gasteiger partial charge in [0.25, 0.3) is 0 Å². The molecule has 0 atom stereocenters. The topological polar surface area (TPSA) is 50.2 Å². The third kappa shape index (κ3) is 9.45. The Labute approximate surface area is 290 Å². The molecule has 1 aromatic heterocycles. The largest absolute Gasteiger partial charge is 0.512 e. The van der Waals surface area contributed by atoms with Crippen molar-refractivity contribution >= 4 is 29.9 Å². The van der Waals surface area contributed by atoms with Crippen LogP contribution >= 0.6 is 0 Å². The number of benzene rings is 4. The molecule has 0 saturated carbocycles. The van der Waals surface area contributed by atoms with E-state index in [4.69, 9.17) is 4.98 Å². The van der Waals surface area contributed by atoms with E-state index in [1.165, 1.54) is 38.9 Å². The van der Waals surface area contributed by atoms with Gasteiger partial charge in [-0.3, -0.25) is 9.78 Å². The van der Waals surface area contributed by atoms with Crippen LogP contribution in [0.15, 0.2) is 115 Å². The molecule has 1 radical (unpaired) electrons. The Morgan fingerprint density at radius 1 is 0.739 bits per heavy atom. The zero-order valence-electron chi connectivity index (χ0n) is 28.5. The van der Waals surface area contributed by atoms with E-state index in [0.29, 0.717) is 0 Å². The van der Waals surface area contributed by atoms with E-state index in [1.807, 2.05) is 53.7 Å². The Kier molecular flexibility index (Phi) is 11.9. The number of aliphatic hydroxyl groups excluding tert-OH is 1. The summed E-state index contributed by atoms with van der Waals surface area (Å²) in [7, 11) is -1.43. The fraction of sp³-hybridized carbons (Fsp3) is 0.268. The molecule has 0 spiro atoms. The number of aliphatic hydroxyl groups is 1. The average Bonchev–Trinajstić information content (AvgIpc) is 3.00. The van der Waals surface area contributed by atoms with Gasteiger partial charge in [-0.15, -0.1) is 35.4 Å². The number of nitrogens with zero attached hydrogens (tertiary/aromatic N) is 1. The third-order valence-corrected chi connectivity index (χ3v) is 9.76. The van der Waals surface area contributed by atoms with E-state index in [-0.39, 0.29) is 37.1 Å². The molecule has 5 aromatic rings. The Morgan fingerprint density at radius 2 is 1.33 bits per heavy atom. The molecule has 241 valence electrons. The first-order valence-corrected chi connectivity index (χ1v) is 19.1. The Balaban J connectivity index is 0.000000352. The van der Waals surface area contributed by atoms with Crippen LogP contribution in [0.2, 0.25) is 19.6 Å². The predicted molar refractivity (Wildman–Crippen MR) is 194 cm³/mol. The summed E-state index contributed by atoms with van der Waals surface area (Å²) in [6, 6.07) is 39.9. The fourth-order valence-electron chi connectivity index (χ4n) is 4.67. The van der Waals surface area contributed by atoms with Crippen LogP contribution in [0.5, 0.6) is 0 Å². The van der Waals surface area contributed by atoms with Crippen molar-refractivity contribution in [1.29, 1.82) is 0 Å². The van der Waals surface area contributed by atoms with Crippen LogP contribution in [-0.2, 0) is 24.9 Å². The van der Waals surface area contributed by atoms with Crippen LogP contribution in [0.25, 0.3) is 44.4 Å². The Bertz CT molecular complexity index is 1810. The number of fused-ring (bicyclic) bond motifs is 1. The van der Waals surface area contributed by atoms with Crippen LogP contribution in [0.1, 0.15) is 41.5 Å². The molecule has 0 fully saturated rings. The smallest absolute Gasteiger partial charge is 0.164 e. The van der Waals surface area contributed by atoms with Gasteiger partial charge in [-0.25, -0.2) is 0 Å². The van der Waals surface area contributed by atoms with E-state index in [2.05, 4.69) is 117 Å². The molecule has 0 amide bonds. The zero-order chi connectivity index (χ0) is 33.0. The molecule has 4 aromatic carbocycles. The van der Waals surface area contributed by atoms with Crippen molar-refractivity contribution in [2.24, 2.45) is 10.8 Å². The standard InChI is InChI=1S/C30H26NSi.C11H20O2.Ir/c1-32(2,3)26-17-18-29-28(20-26)27(23-13-8-5-9-14-23)21-30(31-29)25-16-10-15-24(19-25)22-11-6-4-7-12-22;1-10(2,3)8(12)7-9(13)11(4,5)6;/h4-15,17-21H,1-3H3;7,12H,1-6H3;/q-1;;/b;8-7-;. The molecule has 0 bridgehead atoms. The number of pyridine rings is 1. The van der Waals surface area contributed by atoms with Gasteiger partial charge in [0.1, 0.15) is 5.76 Å². The minimum atomic E-state index is -1.43.